The number of imide groups is 1. The molecule has 0 N–H and O–H groups in total. The molecule has 3 nitrogen and oxygen atoms in total. The molecular weight excluding hydrogens is 490 g/mol. The Bertz CT molecular complexity index is 1190. The van der Waals surface area contributed by atoms with Gasteiger partial charge in [0.25, 0.3) is 11.8 Å². The van der Waals surface area contributed by atoms with Gasteiger partial charge in [-0.25, -0.2) is 0 Å². The lowest BCUT2D eigenvalue weighted by atomic mass is 9.32. The molecule has 2 aliphatic rings. The van der Waals surface area contributed by atoms with Gasteiger partial charge in [0.05, 0.1) is 6.04 Å². The first-order valence-corrected chi connectivity index (χ1v) is 15.3. The van der Waals surface area contributed by atoms with Crippen LogP contribution in [0.25, 0.3) is 0 Å². The summed E-state index contributed by atoms with van der Waals surface area (Å²) in [6.07, 6.45) is 2.95. The van der Waals surface area contributed by atoms with Crippen LogP contribution in [0.1, 0.15) is 153 Å². The molecule has 1 heterocycles. The van der Waals surface area contributed by atoms with Gasteiger partial charge in [0.1, 0.15) is 0 Å². The van der Waals surface area contributed by atoms with E-state index in [1.165, 1.54) is 28.8 Å². The normalized spacial score (nSPS) is 21.9. The maximum Gasteiger partial charge on any atom is 0.254 e. The molecule has 0 aromatic heterocycles. The SMILES string of the molecule is CC(C)(C)c1ccc2c(c1C(C)(C)C)C(C(C)(C)C)(C(C)(C)C)C(C(C)(C)C)(C(C)(C)C)[C@H]2N1C(=O)C=CC1=O. The summed E-state index contributed by atoms with van der Waals surface area (Å²) in [5.41, 5.74) is 3.00. The number of benzene rings is 1. The minimum absolute atomic E-state index is 0.0792. The molecule has 0 saturated carbocycles. The molecule has 0 unspecified atom stereocenters. The second-order valence-corrected chi connectivity index (χ2v) is 18.8. The molecule has 1 aliphatic heterocycles. The van der Waals surface area contributed by atoms with Gasteiger partial charge in [0.15, 0.2) is 0 Å². The van der Waals surface area contributed by atoms with Gasteiger partial charge in [0, 0.05) is 23.0 Å². The Morgan fingerprint density at radius 3 is 1.27 bits per heavy atom. The van der Waals surface area contributed by atoms with Crippen molar-refractivity contribution in [2.24, 2.45) is 27.1 Å². The van der Waals surface area contributed by atoms with Gasteiger partial charge < -0.3 is 0 Å². The molecule has 0 fully saturated rings. The number of rotatable bonds is 1. The summed E-state index contributed by atoms with van der Waals surface area (Å²) in [5.74, 6) is -0.399. The molecule has 1 aromatic carbocycles. The Kier molecular flexibility index (Phi) is 7.18. The molecule has 224 valence electrons. The Hall–Kier alpha value is -1.90. The van der Waals surface area contributed by atoms with E-state index in [0.717, 1.165) is 5.56 Å². The minimum atomic E-state index is -0.528. The van der Waals surface area contributed by atoms with Crippen LogP contribution in [0.4, 0.5) is 0 Å². The number of fused-ring (bicyclic) bond motifs is 1. The topological polar surface area (TPSA) is 37.4 Å². The van der Waals surface area contributed by atoms with Crippen molar-refractivity contribution >= 4 is 11.8 Å². The zero-order chi connectivity index (χ0) is 31.4. The largest absolute Gasteiger partial charge is 0.269 e. The highest BCUT2D eigenvalue weighted by molar-refractivity contribution is 6.13. The Labute approximate surface area is 246 Å². The first-order valence-electron chi connectivity index (χ1n) is 15.3. The summed E-state index contributed by atoms with van der Waals surface area (Å²) in [6.45, 7) is 42.5. The van der Waals surface area contributed by atoms with Crippen molar-refractivity contribution in [2.75, 3.05) is 0 Å². The molecule has 0 spiro atoms. The van der Waals surface area contributed by atoms with Crippen LogP contribution in [0.3, 0.4) is 0 Å². The summed E-state index contributed by atoms with van der Waals surface area (Å²) in [7, 11) is 0. The molecule has 3 heteroatoms. The summed E-state index contributed by atoms with van der Waals surface area (Å²) < 4.78 is 0. The van der Waals surface area contributed by atoms with Crippen LogP contribution >= 0.6 is 0 Å². The molecule has 1 atom stereocenters. The fraction of sp³-hybridized carbons (Fsp3) is 0.730. The first-order chi connectivity index (χ1) is 17.5. The van der Waals surface area contributed by atoms with E-state index in [-0.39, 0.29) is 44.3 Å². The average molecular weight is 550 g/mol. The molecular formula is C37H59NO2. The second kappa shape index (κ2) is 8.81. The van der Waals surface area contributed by atoms with Crippen molar-refractivity contribution in [2.45, 2.75) is 147 Å². The van der Waals surface area contributed by atoms with E-state index in [0.29, 0.717) is 0 Å². The smallest absolute Gasteiger partial charge is 0.254 e. The lowest BCUT2D eigenvalue weighted by Crippen LogP contribution is -2.70. The monoisotopic (exact) mass is 549 g/mol. The number of carbonyl (C=O) groups excluding carboxylic acids is 2. The van der Waals surface area contributed by atoms with Crippen LogP contribution < -0.4 is 0 Å². The molecule has 0 saturated heterocycles. The van der Waals surface area contributed by atoms with Crippen LogP contribution in [0.15, 0.2) is 24.3 Å². The predicted octanol–water partition coefficient (Wildman–Crippen LogP) is 9.67. The molecule has 3 rings (SSSR count). The van der Waals surface area contributed by atoms with Crippen molar-refractivity contribution < 1.29 is 9.59 Å². The summed E-state index contributed by atoms with van der Waals surface area (Å²) in [5, 5.41) is 0. The standard InChI is InChI=1S/C37H59NO2/c1-30(2,3)24-20-19-23-27(28(24)31(4,5)6)36(32(7,8)9,33(10,11)12)37(34(13,14)15,35(16,17)18)29(23)38-25(39)21-22-26(38)40/h19-22,29H,1-18H3/t29-/m0/s1. The van der Waals surface area contributed by atoms with Gasteiger partial charge in [0.2, 0.25) is 0 Å². The molecule has 1 aromatic rings. The highest BCUT2D eigenvalue weighted by atomic mass is 16.2. The van der Waals surface area contributed by atoms with Gasteiger partial charge in [-0.2, -0.15) is 0 Å². The van der Waals surface area contributed by atoms with E-state index in [1.54, 1.807) is 4.90 Å². The summed E-state index contributed by atoms with van der Waals surface area (Å²) in [6, 6.07) is 4.19. The molecule has 0 radical (unpaired) electrons. The maximum absolute atomic E-state index is 13.8. The zero-order valence-electron chi connectivity index (χ0n) is 29.2. The van der Waals surface area contributed by atoms with Crippen LogP contribution in [-0.2, 0) is 25.8 Å². The van der Waals surface area contributed by atoms with E-state index in [9.17, 15) is 9.59 Å². The van der Waals surface area contributed by atoms with Crippen LogP contribution in [0, 0.1) is 27.1 Å². The maximum atomic E-state index is 13.8. The quantitative estimate of drug-likeness (QED) is 0.327. The van der Waals surface area contributed by atoms with E-state index in [4.69, 9.17) is 0 Å². The van der Waals surface area contributed by atoms with Gasteiger partial charge in [-0.3, -0.25) is 14.5 Å². The van der Waals surface area contributed by atoms with E-state index >= 15 is 0 Å². The van der Waals surface area contributed by atoms with Crippen molar-refractivity contribution in [3.63, 3.8) is 0 Å². The Balaban J connectivity index is 2.93. The number of hydrogen-bond acceptors (Lipinski definition) is 2. The predicted molar refractivity (Wildman–Crippen MR) is 170 cm³/mol. The fourth-order valence-corrected chi connectivity index (χ4v) is 10.4. The van der Waals surface area contributed by atoms with E-state index in [1.807, 2.05) is 0 Å². The van der Waals surface area contributed by atoms with E-state index in [2.05, 4.69) is 137 Å². The van der Waals surface area contributed by atoms with Gasteiger partial charge in [-0.15, -0.1) is 0 Å². The molecule has 2 amide bonds. The van der Waals surface area contributed by atoms with Crippen molar-refractivity contribution in [3.8, 4) is 0 Å². The third-order valence-electron chi connectivity index (χ3n) is 10.2. The zero-order valence-corrected chi connectivity index (χ0v) is 29.2. The van der Waals surface area contributed by atoms with Gasteiger partial charge >= 0.3 is 0 Å². The molecule has 1 aliphatic carbocycles. The number of nitrogens with zero attached hydrogens (tertiary/aromatic N) is 1. The average Bonchev–Trinajstić information content (AvgIpc) is 3.16. The molecule has 0 bridgehead atoms. The van der Waals surface area contributed by atoms with Crippen molar-refractivity contribution in [1.29, 1.82) is 0 Å². The minimum Gasteiger partial charge on any atom is -0.269 e. The third-order valence-corrected chi connectivity index (χ3v) is 10.2. The van der Waals surface area contributed by atoms with Gasteiger partial charge in [-0.05, 0) is 54.7 Å². The highest BCUT2D eigenvalue weighted by Gasteiger charge is 2.79. The highest BCUT2D eigenvalue weighted by Crippen LogP contribution is 2.82. The van der Waals surface area contributed by atoms with Gasteiger partial charge in [-0.1, -0.05) is 137 Å². The number of hydrogen-bond donors (Lipinski definition) is 0. The third kappa shape index (κ3) is 4.03. The molecule has 40 heavy (non-hydrogen) atoms. The summed E-state index contributed by atoms with van der Waals surface area (Å²) >= 11 is 0. The van der Waals surface area contributed by atoms with Crippen molar-refractivity contribution in [1.82, 2.24) is 4.90 Å². The second-order valence-electron chi connectivity index (χ2n) is 18.8. The van der Waals surface area contributed by atoms with Crippen molar-refractivity contribution in [3.05, 3.63) is 46.5 Å². The van der Waals surface area contributed by atoms with Crippen LogP contribution in [0.2, 0.25) is 0 Å². The number of carbonyl (C=O) groups is 2. The summed E-state index contributed by atoms with van der Waals surface area (Å²) in [4.78, 5) is 29.1. The fourth-order valence-electron chi connectivity index (χ4n) is 10.4. The first kappa shape index (κ1) is 32.6. The van der Waals surface area contributed by atoms with Crippen LogP contribution in [-0.4, -0.2) is 16.7 Å². The lowest BCUT2D eigenvalue weighted by Gasteiger charge is -2.72. The number of amides is 2. The van der Waals surface area contributed by atoms with Crippen LogP contribution in [0.5, 0.6) is 0 Å². The Morgan fingerprint density at radius 1 is 0.575 bits per heavy atom. The lowest BCUT2D eigenvalue weighted by molar-refractivity contribution is -0.213. The Morgan fingerprint density at radius 2 is 0.975 bits per heavy atom. The van der Waals surface area contributed by atoms with E-state index < -0.39 is 16.9 Å².